The average Bonchev–Trinajstić information content (AvgIpc) is 2.18. The Kier molecular flexibility index (Phi) is 2.86. The maximum absolute atomic E-state index is 12.1. The molecule has 2 rings (SSSR count). The molecule has 0 heterocycles. The Bertz CT molecular complexity index is 410. The molecule has 16 heavy (non-hydrogen) atoms. The lowest BCUT2D eigenvalue weighted by molar-refractivity contribution is 0.0652. The summed E-state index contributed by atoms with van der Waals surface area (Å²) in [6.07, 6.45) is 3.51. The molecule has 0 aromatic heterocycles. The Labute approximate surface area is 96.2 Å². The zero-order valence-electron chi connectivity index (χ0n) is 9.86. The van der Waals surface area contributed by atoms with Crippen molar-refractivity contribution in [1.29, 1.82) is 0 Å². The van der Waals surface area contributed by atoms with Gasteiger partial charge in [-0.2, -0.15) is 0 Å². The van der Waals surface area contributed by atoms with E-state index in [1.165, 1.54) is 6.42 Å². The number of anilines is 1. The van der Waals surface area contributed by atoms with Gasteiger partial charge in [0.05, 0.1) is 0 Å². The van der Waals surface area contributed by atoms with Crippen LogP contribution in [0.2, 0.25) is 0 Å². The number of aryl methyl sites for hydroxylation is 1. The van der Waals surface area contributed by atoms with Crippen molar-refractivity contribution in [3.63, 3.8) is 0 Å². The molecule has 2 N–H and O–H groups in total. The van der Waals surface area contributed by atoms with Gasteiger partial charge in [-0.3, -0.25) is 4.79 Å². The maximum Gasteiger partial charge on any atom is 0.253 e. The van der Waals surface area contributed by atoms with E-state index in [4.69, 9.17) is 5.73 Å². The number of rotatable bonds is 2. The summed E-state index contributed by atoms with van der Waals surface area (Å²) < 4.78 is 0. The lowest BCUT2D eigenvalue weighted by Crippen LogP contribution is -2.41. The largest absolute Gasteiger partial charge is 0.399 e. The van der Waals surface area contributed by atoms with Gasteiger partial charge in [0.2, 0.25) is 0 Å². The van der Waals surface area contributed by atoms with Crippen LogP contribution in [0.25, 0.3) is 0 Å². The predicted octanol–water partition coefficient (Wildman–Crippen LogP) is 2.20. The number of carbonyl (C=O) groups excluding carboxylic acids is 1. The van der Waals surface area contributed by atoms with Crippen LogP contribution in [0.5, 0.6) is 0 Å². The minimum atomic E-state index is 0.104. The summed E-state index contributed by atoms with van der Waals surface area (Å²) >= 11 is 0. The van der Waals surface area contributed by atoms with E-state index in [9.17, 15) is 4.79 Å². The van der Waals surface area contributed by atoms with Gasteiger partial charge in [0.1, 0.15) is 0 Å². The van der Waals surface area contributed by atoms with Crippen molar-refractivity contribution < 1.29 is 4.79 Å². The van der Waals surface area contributed by atoms with Crippen molar-refractivity contribution in [2.24, 2.45) is 0 Å². The molecule has 3 nitrogen and oxygen atoms in total. The first-order valence-corrected chi connectivity index (χ1v) is 5.73. The molecular formula is C13H18N2O. The van der Waals surface area contributed by atoms with Gasteiger partial charge in [0, 0.05) is 24.3 Å². The van der Waals surface area contributed by atoms with Gasteiger partial charge in [-0.15, -0.1) is 0 Å². The summed E-state index contributed by atoms with van der Waals surface area (Å²) in [6.45, 7) is 1.93. The van der Waals surface area contributed by atoms with Crippen LogP contribution in [0.15, 0.2) is 18.2 Å². The number of hydrogen-bond acceptors (Lipinski definition) is 2. The van der Waals surface area contributed by atoms with Crippen LogP contribution >= 0.6 is 0 Å². The van der Waals surface area contributed by atoms with Crippen LogP contribution in [0, 0.1) is 6.92 Å². The number of nitrogens with two attached hydrogens (primary N) is 1. The fourth-order valence-electron chi connectivity index (χ4n) is 1.95. The van der Waals surface area contributed by atoms with Crippen LogP contribution in [0.3, 0.4) is 0 Å². The van der Waals surface area contributed by atoms with Crippen molar-refractivity contribution in [3.05, 3.63) is 29.3 Å². The van der Waals surface area contributed by atoms with E-state index in [1.807, 2.05) is 24.9 Å². The highest BCUT2D eigenvalue weighted by molar-refractivity contribution is 5.95. The Balaban J connectivity index is 2.16. The molecular weight excluding hydrogens is 200 g/mol. The number of nitrogen functional groups attached to an aromatic ring is 1. The second kappa shape index (κ2) is 4.16. The van der Waals surface area contributed by atoms with Crippen molar-refractivity contribution in [3.8, 4) is 0 Å². The highest BCUT2D eigenvalue weighted by atomic mass is 16.2. The molecule has 86 valence electrons. The van der Waals surface area contributed by atoms with Gasteiger partial charge in [0.25, 0.3) is 5.91 Å². The molecule has 0 saturated heterocycles. The lowest BCUT2D eigenvalue weighted by atomic mass is 9.91. The quantitative estimate of drug-likeness (QED) is 0.773. The Morgan fingerprint density at radius 1 is 1.44 bits per heavy atom. The molecule has 1 aromatic carbocycles. The van der Waals surface area contributed by atoms with Gasteiger partial charge >= 0.3 is 0 Å². The third-order valence-electron chi connectivity index (χ3n) is 3.46. The number of hydrogen-bond donors (Lipinski definition) is 1. The summed E-state index contributed by atoms with van der Waals surface area (Å²) in [5, 5.41) is 0. The standard InChI is InChI=1S/C13H18N2O/c1-9-8-10(6-7-12(9)14)13(16)15(2)11-4-3-5-11/h6-8,11H,3-5,14H2,1-2H3. The topological polar surface area (TPSA) is 46.3 Å². The minimum absolute atomic E-state index is 0.104. The molecule has 3 heteroatoms. The molecule has 0 atom stereocenters. The number of amides is 1. The SMILES string of the molecule is Cc1cc(C(=O)N(C)C2CCC2)ccc1N. The van der Waals surface area contributed by atoms with Gasteiger partial charge in [-0.25, -0.2) is 0 Å². The van der Waals surface area contributed by atoms with E-state index in [2.05, 4.69) is 0 Å². The van der Waals surface area contributed by atoms with Gasteiger partial charge < -0.3 is 10.6 Å². The molecule has 0 unspecified atom stereocenters. The van der Waals surface area contributed by atoms with E-state index in [-0.39, 0.29) is 5.91 Å². The Hall–Kier alpha value is -1.51. The summed E-state index contributed by atoms with van der Waals surface area (Å²) in [4.78, 5) is 14.0. The fraction of sp³-hybridized carbons (Fsp3) is 0.462. The molecule has 1 fully saturated rings. The molecule has 1 amide bonds. The maximum atomic E-state index is 12.1. The zero-order chi connectivity index (χ0) is 11.7. The first-order valence-electron chi connectivity index (χ1n) is 5.73. The number of nitrogens with zero attached hydrogens (tertiary/aromatic N) is 1. The highest BCUT2D eigenvalue weighted by Gasteiger charge is 2.26. The smallest absolute Gasteiger partial charge is 0.253 e. The fourth-order valence-corrected chi connectivity index (χ4v) is 1.95. The first kappa shape index (κ1) is 11.0. The molecule has 1 saturated carbocycles. The van der Waals surface area contributed by atoms with E-state index in [0.717, 1.165) is 29.7 Å². The Morgan fingerprint density at radius 2 is 2.12 bits per heavy atom. The van der Waals surface area contributed by atoms with Crippen LogP contribution in [-0.4, -0.2) is 23.9 Å². The zero-order valence-corrected chi connectivity index (χ0v) is 9.86. The van der Waals surface area contributed by atoms with E-state index in [0.29, 0.717) is 6.04 Å². The molecule has 1 aliphatic rings. The molecule has 0 radical (unpaired) electrons. The number of carbonyl (C=O) groups is 1. The van der Waals surface area contributed by atoms with E-state index >= 15 is 0 Å². The molecule has 0 aliphatic heterocycles. The third kappa shape index (κ3) is 1.90. The van der Waals surface area contributed by atoms with Crippen molar-refractivity contribution >= 4 is 11.6 Å². The van der Waals surface area contributed by atoms with Crippen LogP contribution in [-0.2, 0) is 0 Å². The van der Waals surface area contributed by atoms with Gasteiger partial charge in [-0.05, 0) is 49.9 Å². The molecule has 0 bridgehead atoms. The predicted molar refractivity (Wildman–Crippen MR) is 65.3 cm³/mol. The van der Waals surface area contributed by atoms with E-state index < -0.39 is 0 Å². The first-order chi connectivity index (χ1) is 7.59. The molecule has 0 spiro atoms. The third-order valence-corrected chi connectivity index (χ3v) is 3.46. The average molecular weight is 218 g/mol. The van der Waals surface area contributed by atoms with Crippen LogP contribution in [0.1, 0.15) is 35.2 Å². The monoisotopic (exact) mass is 218 g/mol. The van der Waals surface area contributed by atoms with Gasteiger partial charge in [0.15, 0.2) is 0 Å². The van der Waals surface area contributed by atoms with E-state index in [1.54, 1.807) is 12.1 Å². The van der Waals surface area contributed by atoms with Crippen LogP contribution < -0.4 is 5.73 Å². The number of benzene rings is 1. The van der Waals surface area contributed by atoms with Crippen molar-refractivity contribution in [2.75, 3.05) is 12.8 Å². The summed E-state index contributed by atoms with van der Waals surface area (Å²) in [7, 11) is 1.89. The summed E-state index contributed by atoms with van der Waals surface area (Å²) in [5.41, 5.74) is 8.18. The molecule has 1 aliphatic carbocycles. The van der Waals surface area contributed by atoms with Gasteiger partial charge in [-0.1, -0.05) is 0 Å². The second-order valence-electron chi connectivity index (χ2n) is 4.57. The van der Waals surface area contributed by atoms with Crippen LogP contribution in [0.4, 0.5) is 5.69 Å². The van der Waals surface area contributed by atoms with Crippen molar-refractivity contribution in [2.45, 2.75) is 32.2 Å². The highest BCUT2D eigenvalue weighted by Crippen LogP contribution is 2.25. The summed E-state index contributed by atoms with van der Waals surface area (Å²) in [5.74, 6) is 0.104. The minimum Gasteiger partial charge on any atom is -0.399 e. The normalized spacial score (nSPS) is 15.6. The lowest BCUT2D eigenvalue weighted by Gasteiger charge is -2.34. The van der Waals surface area contributed by atoms with Crippen molar-refractivity contribution in [1.82, 2.24) is 4.90 Å². The summed E-state index contributed by atoms with van der Waals surface area (Å²) in [6, 6.07) is 5.91. The molecule has 1 aromatic rings. The Morgan fingerprint density at radius 3 is 2.62 bits per heavy atom. The second-order valence-corrected chi connectivity index (χ2v) is 4.57.